The van der Waals surface area contributed by atoms with Crippen LogP contribution in [0.1, 0.15) is 24.8 Å². The number of rotatable bonds is 3. The minimum absolute atomic E-state index is 0.180. The Morgan fingerprint density at radius 3 is 3.06 bits per heavy atom. The molecule has 3 rings (SSSR count). The second-order valence-electron chi connectivity index (χ2n) is 5.08. The van der Waals surface area contributed by atoms with Crippen molar-refractivity contribution in [3.05, 3.63) is 35.6 Å². The molecule has 4 heteroatoms. The molecule has 1 aromatic carbocycles. The van der Waals surface area contributed by atoms with Crippen LogP contribution in [0.2, 0.25) is 0 Å². The minimum atomic E-state index is -0.183. The van der Waals surface area contributed by atoms with Crippen LogP contribution in [0.3, 0.4) is 0 Å². The van der Waals surface area contributed by atoms with Gasteiger partial charge in [0.2, 0.25) is 5.91 Å². The molecule has 0 bridgehead atoms. The van der Waals surface area contributed by atoms with Crippen LogP contribution in [0.4, 0.5) is 4.39 Å². The Kier molecular flexibility index (Phi) is 3.04. The Morgan fingerprint density at radius 2 is 2.22 bits per heavy atom. The predicted octanol–water partition coefficient (Wildman–Crippen LogP) is 1.68. The fourth-order valence-electron chi connectivity index (χ4n) is 3.05. The maximum Gasteiger partial charge on any atom is 0.224 e. The summed E-state index contributed by atoms with van der Waals surface area (Å²) in [6.07, 6.45) is 2.72. The van der Waals surface area contributed by atoms with Gasteiger partial charge in [0.1, 0.15) is 5.82 Å². The van der Waals surface area contributed by atoms with Crippen LogP contribution in [0.25, 0.3) is 0 Å². The van der Waals surface area contributed by atoms with Crippen molar-refractivity contribution in [3.8, 4) is 0 Å². The zero-order chi connectivity index (χ0) is 12.5. The zero-order valence-corrected chi connectivity index (χ0v) is 10.2. The lowest BCUT2D eigenvalue weighted by atomic mass is 10.1. The molecule has 2 saturated heterocycles. The third kappa shape index (κ3) is 2.01. The van der Waals surface area contributed by atoms with E-state index in [-0.39, 0.29) is 17.8 Å². The maximum atomic E-state index is 13.5. The van der Waals surface area contributed by atoms with Gasteiger partial charge in [-0.3, -0.25) is 4.79 Å². The topological polar surface area (TPSA) is 32.3 Å². The molecule has 0 spiro atoms. The second-order valence-corrected chi connectivity index (χ2v) is 5.08. The highest BCUT2D eigenvalue weighted by Crippen LogP contribution is 2.29. The number of nitrogens with one attached hydrogen (secondary N) is 1. The molecule has 18 heavy (non-hydrogen) atoms. The Labute approximate surface area is 106 Å². The van der Waals surface area contributed by atoms with Gasteiger partial charge >= 0.3 is 0 Å². The SMILES string of the molecule is O=C1CC(NCc2ccccc2F)C2CCCN12. The van der Waals surface area contributed by atoms with Gasteiger partial charge in [-0.2, -0.15) is 0 Å². The first-order valence-corrected chi connectivity index (χ1v) is 6.52. The molecule has 2 aliphatic rings. The monoisotopic (exact) mass is 248 g/mol. The first-order chi connectivity index (χ1) is 8.75. The van der Waals surface area contributed by atoms with Gasteiger partial charge in [-0.05, 0) is 18.9 Å². The zero-order valence-electron chi connectivity index (χ0n) is 10.2. The largest absolute Gasteiger partial charge is 0.338 e. The van der Waals surface area contributed by atoms with Crippen LogP contribution in [-0.4, -0.2) is 29.4 Å². The quantitative estimate of drug-likeness (QED) is 0.882. The highest BCUT2D eigenvalue weighted by atomic mass is 19.1. The molecule has 1 aromatic rings. The number of fused-ring (bicyclic) bond motifs is 1. The van der Waals surface area contributed by atoms with Crippen molar-refractivity contribution in [2.75, 3.05) is 6.54 Å². The van der Waals surface area contributed by atoms with E-state index in [0.29, 0.717) is 24.6 Å². The van der Waals surface area contributed by atoms with Gasteiger partial charge in [0.25, 0.3) is 0 Å². The van der Waals surface area contributed by atoms with Crippen molar-refractivity contribution < 1.29 is 9.18 Å². The molecule has 0 aliphatic carbocycles. The first kappa shape index (κ1) is 11.7. The van der Waals surface area contributed by atoms with Gasteiger partial charge < -0.3 is 10.2 Å². The summed E-state index contributed by atoms with van der Waals surface area (Å²) < 4.78 is 13.5. The number of amides is 1. The molecule has 2 atom stereocenters. The summed E-state index contributed by atoms with van der Waals surface area (Å²) >= 11 is 0. The summed E-state index contributed by atoms with van der Waals surface area (Å²) in [5.74, 6) is 0.0566. The minimum Gasteiger partial charge on any atom is -0.338 e. The third-order valence-electron chi connectivity index (χ3n) is 3.99. The van der Waals surface area contributed by atoms with Crippen LogP contribution < -0.4 is 5.32 Å². The van der Waals surface area contributed by atoms with E-state index >= 15 is 0 Å². The van der Waals surface area contributed by atoms with E-state index < -0.39 is 0 Å². The third-order valence-corrected chi connectivity index (χ3v) is 3.99. The van der Waals surface area contributed by atoms with Crippen molar-refractivity contribution in [1.29, 1.82) is 0 Å². The van der Waals surface area contributed by atoms with Gasteiger partial charge in [-0.1, -0.05) is 18.2 Å². The number of halogens is 1. The van der Waals surface area contributed by atoms with Gasteiger partial charge in [-0.25, -0.2) is 4.39 Å². The normalized spacial score (nSPS) is 26.7. The lowest BCUT2D eigenvalue weighted by Crippen LogP contribution is -2.39. The molecule has 1 amide bonds. The van der Waals surface area contributed by atoms with Gasteiger partial charge in [0, 0.05) is 37.2 Å². The maximum absolute atomic E-state index is 13.5. The van der Waals surface area contributed by atoms with E-state index in [1.165, 1.54) is 6.07 Å². The summed E-state index contributed by atoms with van der Waals surface area (Å²) in [4.78, 5) is 13.7. The van der Waals surface area contributed by atoms with E-state index in [0.717, 1.165) is 19.4 Å². The summed E-state index contributed by atoms with van der Waals surface area (Å²) in [5, 5.41) is 3.34. The second kappa shape index (κ2) is 4.69. The number of hydrogen-bond acceptors (Lipinski definition) is 2. The highest BCUT2D eigenvalue weighted by molar-refractivity contribution is 5.80. The van der Waals surface area contributed by atoms with Crippen LogP contribution in [0.5, 0.6) is 0 Å². The fraction of sp³-hybridized carbons (Fsp3) is 0.500. The predicted molar refractivity (Wildman–Crippen MR) is 66.4 cm³/mol. The van der Waals surface area contributed by atoms with E-state index in [9.17, 15) is 9.18 Å². The molecule has 3 nitrogen and oxygen atoms in total. The fourth-order valence-corrected chi connectivity index (χ4v) is 3.05. The van der Waals surface area contributed by atoms with Crippen LogP contribution in [-0.2, 0) is 11.3 Å². The van der Waals surface area contributed by atoms with E-state index in [1.54, 1.807) is 12.1 Å². The molecule has 1 N–H and O–H groups in total. The molecule has 2 unspecified atom stereocenters. The molecule has 0 saturated carbocycles. The number of benzene rings is 1. The van der Waals surface area contributed by atoms with E-state index in [4.69, 9.17) is 0 Å². The Morgan fingerprint density at radius 1 is 1.39 bits per heavy atom. The average Bonchev–Trinajstić information content (AvgIpc) is 2.94. The molecular formula is C14H17FN2O. The van der Waals surface area contributed by atoms with E-state index in [2.05, 4.69) is 5.32 Å². The summed E-state index contributed by atoms with van der Waals surface area (Å²) in [7, 11) is 0. The van der Waals surface area contributed by atoms with Crippen LogP contribution >= 0.6 is 0 Å². The Bertz CT molecular complexity index is 463. The average molecular weight is 248 g/mol. The van der Waals surface area contributed by atoms with Crippen molar-refractivity contribution in [2.24, 2.45) is 0 Å². The number of carbonyl (C=O) groups is 1. The van der Waals surface area contributed by atoms with Crippen molar-refractivity contribution in [3.63, 3.8) is 0 Å². The number of carbonyl (C=O) groups excluding carboxylic acids is 1. The Hall–Kier alpha value is -1.42. The molecule has 0 aromatic heterocycles. The van der Waals surface area contributed by atoms with Gasteiger partial charge in [-0.15, -0.1) is 0 Å². The van der Waals surface area contributed by atoms with Gasteiger partial charge in [0.05, 0.1) is 0 Å². The van der Waals surface area contributed by atoms with Crippen molar-refractivity contribution in [1.82, 2.24) is 10.2 Å². The lowest BCUT2D eigenvalue weighted by molar-refractivity contribution is -0.127. The number of nitrogens with zero attached hydrogens (tertiary/aromatic N) is 1. The van der Waals surface area contributed by atoms with Gasteiger partial charge in [0.15, 0.2) is 0 Å². The highest BCUT2D eigenvalue weighted by Gasteiger charge is 2.41. The van der Waals surface area contributed by atoms with Crippen LogP contribution in [0, 0.1) is 5.82 Å². The first-order valence-electron chi connectivity index (χ1n) is 6.52. The molecule has 96 valence electrons. The molecule has 2 heterocycles. The van der Waals surface area contributed by atoms with Crippen molar-refractivity contribution in [2.45, 2.75) is 37.9 Å². The van der Waals surface area contributed by atoms with Crippen molar-refractivity contribution >= 4 is 5.91 Å². The lowest BCUT2D eigenvalue weighted by Gasteiger charge is -2.21. The molecule has 0 radical (unpaired) electrons. The summed E-state index contributed by atoms with van der Waals surface area (Å²) in [6.45, 7) is 1.39. The van der Waals surface area contributed by atoms with Crippen LogP contribution in [0.15, 0.2) is 24.3 Å². The Balaban J connectivity index is 1.64. The standard InChI is InChI=1S/C14H17FN2O/c15-11-5-2-1-4-10(11)9-16-12-8-14(18)17-7-3-6-13(12)17/h1-2,4-5,12-13,16H,3,6-9H2. The molecular weight excluding hydrogens is 231 g/mol. The molecule has 2 aliphatic heterocycles. The van der Waals surface area contributed by atoms with E-state index in [1.807, 2.05) is 11.0 Å². The number of hydrogen-bond donors (Lipinski definition) is 1. The summed E-state index contributed by atoms with van der Waals surface area (Å²) in [6, 6.07) is 7.28. The summed E-state index contributed by atoms with van der Waals surface area (Å²) in [5.41, 5.74) is 0.668. The molecule has 2 fully saturated rings. The smallest absolute Gasteiger partial charge is 0.224 e.